The molecule has 3 atom stereocenters. The molecule has 0 aromatic carbocycles. The Bertz CT molecular complexity index is 1230. The van der Waals surface area contributed by atoms with E-state index in [0.717, 1.165) is 41.2 Å². The number of rotatable bonds is 1. The summed E-state index contributed by atoms with van der Waals surface area (Å²) in [7, 11) is 2.80. The summed E-state index contributed by atoms with van der Waals surface area (Å²) in [5.41, 5.74) is 2.83. The molecule has 9 heteroatoms. The zero-order valence-corrected chi connectivity index (χ0v) is 19.5. The van der Waals surface area contributed by atoms with Gasteiger partial charge >= 0.3 is 6.03 Å². The van der Waals surface area contributed by atoms with Crippen LogP contribution in [0.3, 0.4) is 0 Å². The maximum atomic E-state index is 13.1. The molecule has 2 aliphatic heterocycles. The molecular weight excluding hydrogens is 434 g/mol. The van der Waals surface area contributed by atoms with E-state index in [4.69, 9.17) is 4.74 Å². The number of hydrogen-bond acceptors (Lipinski definition) is 6. The highest BCUT2D eigenvalue weighted by Gasteiger charge is 2.61. The molecule has 176 valence electrons. The number of imide groups is 2. The summed E-state index contributed by atoms with van der Waals surface area (Å²) in [6.45, 7) is 2.27. The van der Waals surface area contributed by atoms with Crippen LogP contribution in [0.2, 0.25) is 0 Å². The predicted octanol–water partition coefficient (Wildman–Crippen LogP) is 2.29. The number of urea groups is 1. The maximum absolute atomic E-state index is 13.1. The summed E-state index contributed by atoms with van der Waals surface area (Å²) in [6, 6.07) is 3.30. The molecule has 2 aliphatic carbocycles. The molecule has 2 aromatic heterocycles. The van der Waals surface area contributed by atoms with E-state index in [2.05, 4.69) is 17.0 Å². The molecule has 4 heterocycles. The predicted molar refractivity (Wildman–Crippen MR) is 121 cm³/mol. The van der Waals surface area contributed by atoms with Crippen LogP contribution in [0.15, 0.2) is 42.4 Å². The van der Waals surface area contributed by atoms with Crippen molar-refractivity contribution in [3.8, 4) is 5.69 Å². The van der Waals surface area contributed by atoms with Crippen LogP contribution in [0.4, 0.5) is 4.79 Å². The first-order chi connectivity index (χ1) is 16.3. The number of carbonyl (C=O) groups excluding carboxylic acids is 3. The van der Waals surface area contributed by atoms with E-state index in [1.165, 1.54) is 30.9 Å². The zero-order chi connectivity index (χ0) is 23.8. The van der Waals surface area contributed by atoms with E-state index in [1.54, 1.807) is 12.4 Å². The van der Waals surface area contributed by atoms with Crippen LogP contribution in [0, 0.1) is 11.3 Å². The van der Waals surface area contributed by atoms with Crippen LogP contribution in [0.25, 0.3) is 5.69 Å². The van der Waals surface area contributed by atoms with Crippen LogP contribution in [-0.2, 0) is 27.2 Å². The van der Waals surface area contributed by atoms with E-state index in [1.807, 2.05) is 29.1 Å². The second kappa shape index (κ2) is 7.09. The van der Waals surface area contributed by atoms with Crippen LogP contribution in [0.1, 0.15) is 37.4 Å². The third-order valence-corrected chi connectivity index (χ3v) is 8.37. The third-order valence-electron chi connectivity index (χ3n) is 8.37. The topological polar surface area (TPSA) is 97.6 Å². The summed E-state index contributed by atoms with van der Waals surface area (Å²) in [6.07, 6.45) is 10.8. The molecule has 1 spiro atoms. The molecule has 9 nitrogen and oxygen atoms in total. The second-order valence-corrected chi connectivity index (χ2v) is 10.1. The second-order valence-electron chi connectivity index (χ2n) is 10.1. The lowest BCUT2D eigenvalue weighted by molar-refractivity contribution is -0.185. The molecule has 0 radical (unpaired) electrons. The van der Waals surface area contributed by atoms with Gasteiger partial charge in [0.2, 0.25) is 5.60 Å². The highest BCUT2D eigenvalue weighted by Crippen LogP contribution is 2.55. The number of nitrogens with zero attached hydrogens (tertiary/aromatic N) is 5. The van der Waals surface area contributed by atoms with Crippen molar-refractivity contribution in [2.75, 3.05) is 14.1 Å². The fourth-order valence-corrected chi connectivity index (χ4v) is 6.45. The minimum atomic E-state index is -1.65. The van der Waals surface area contributed by atoms with Crippen molar-refractivity contribution in [1.82, 2.24) is 24.6 Å². The van der Waals surface area contributed by atoms with Crippen LogP contribution in [-0.4, -0.2) is 68.2 Å². The average Bonchev–Trinajstić information content (AvgIpc) is 3.26. The number of barbiturate groups is 1. The molecule has 4 aliphatic rings. The van der Waals surface area contributed by atoms with Crippen LogP contribution >= 0.6 is 0 Å². The molecule has 6 rings (SSSR count). The van der Waals surface area contributed by atoms with Crippen molar-refractivity contribution in [1.29, 1.82) is 0 Å². The summed E-state index contributed by atoms with van der Waals surface area (Å²) >= 11 is 0. The standard InChI is InChI=1S/C25H27N5O4/c1-24-13-15-14-27-30(17-7-10-26-11-8-17)19(15)12-16(24)4-5-20-18(24)6-9-25(34-20)21(31)28(2)23(33)29(3)22(25)32/h6-8,10-11,14,16,20H,4-5,9,12-13H2,1-3H3/t16-,20-,24-/m0/s1. The van der Waals surface area contributed by atoms with Gasteiger partial charge in [0.15, 0.2) is 0 Å². The smallest absolute Gasteiger partial charge is 0.333 e. The number of fused-ring (bicyclic) bond motifs is 4. The van der Waals surface area contributed by atoms with E-state index in [-0.39, 0.29) is 17.9 Å². The van der Waals surface area contributed by atoms with Crippen molar-refractivity contribution in [2.45, 2.75) is 50.7 Å². The van der Waals surface area contributed by atoms with Gasteiger partial charge in [-0.2, -0.15) is 5.10 Å². The number of ether oxygens (including phenoxy) is 1. The SMILES string of the molecule is CN1C(=O)N(C)C(=O)C2(CC=C3[C@H](CC[C@H]4Cc5c(cnn5-c5ccncc5)C[C@]34C)O2)C1=O. The summed E-state index contributed by atoms with van der Waals surface area (Å²) in [4.78, 5) is 44.5. The number of carbonyl (C=O) groups is 3. The fourth-order valence-electron chi connectivity index (χ4n) is 6.45. The average molecular weight is 462 g/mol. The fraction of sp³-hybridized carbons (Fsp3) is 0.480. The lowest BCUT2D eigenvalue weighted by Gasteiger charge is -2.54. The largest absolute Gasteiger partial charge is 0.348 e. The summed E-state index contributed by atoms with van der Waals surface area (Å²) in [5, 5.41) is 4.68. The Balaban J connectivity index is 1.35. The van der Waals surface area contributed by atoms with Gasteiger partial charge in [0.1, 0.15) is 0 Å². The van der Waals surface area contributed by atoms with Gasteiger partial charge in [-0.25, -0.2) is 9.48 Å². The number of likely N-dealkylation sites (N-methyl/N-ethyl adjacent to an activating group) is 2. The normalized spacial score (nSPS) is 30.1. The molecule has 1 saturated carbocycles. The van der Waals surface area contributed by atoms with E-state index < -0.39 is 23.4 Å². The Morgan fingerprint density at radius 2 is 1.76 bits per heavy atom. The van der Waals surface area contributed by atoms with Gasteiger partial charge in [-0.3, -0.25) is 24.4 Å². The molecule has 34 heavy (non-hydrogen) atoms. The Labute approximate surface area is 197 Å². The first-order valence-corrected chi connectivity index (χ1v) is 11.7. The lowest BCUT2D eigenvalue weighted by Crippen LogP contribution is -2.70. The van der Waals surface area contributed by atoms with E-state index >= 15 is 0 Å². The Kier molecular flexibility index (Phi) is 4.42. The van der Waals surface area contributed by atoms with Gasteiger partial charge in [-0.1, -0.05) is 13.0 Å². The van der Waals surface area contributed by atoms with E-state index in [9.17, 15) is 14.4 Å². The van der Waals surface area contributed by atoms with Crippen LogP contribution in [0.5, 0.6) is 0 Å². The van der Waals surface area contributed by atoms with Gasteiger partial charge in [-0.05, 0) is 60.3 Å². The Morgan fingerprint density at radius 3 is 2.47 bits per heavy atom. The van der Waals surface area contributed by atoms with Gasteiger partial charge < -0.3 is 4.74 Å². The number of amides is 4. The summed E-state index contributed by atoms with van der Waals surface area (Å²) < 4.78 is 8.40. The molecule has 0 N–H and O–H groups in total. The first kappa shape index (κ1) is 21.2. The third kappa shape index (κ3) is 2.67. The number of pyridine rings is 1. The first-order valence-electron chi connectivity index (χ1n) is 11.7. The zero-order valence-electron chi connectivity index (χ0n) is 19.5. The quantitative estimate of drug-likeness (QED) is 0.478. The van der Waals surface area contributed by atoms with Gasteiger partial charge in [-0.15, -0.1) is 0 Å². The maximum Gasteiger partial charge on any atom is 0.333 e. The van der Waals surface area contributed by atoms with Crippen molar-refractivity contribution in [2.24, 2.45) is 11.3 Å². The number of hydrogen-bond donors (Lipinski definition) is 0. The monoisotopic (exact) mass is 461 g/mol. The van der Waals surface area contributed by atoms with Crippen molar-refractivity contribution < 1.29 is 19.1 Å². The molecule has 0 bridgehead atoms. The molecular formula is C25H27N5O4. The number of aromatic nitrogens is 3. The van der Waals surface area contributed by atoms with E-state index in [0.29, 0.717) is 5.92 Å². The van der Waals surface area contributed by atoms with Crippen molar-refractivity contribution in [3.05, 3.63) is 53.6 Å². The minimum absolute atomic E-state index is 0.141. The lowest BCUT2D eigenvalue weighted by atomic mass is 9.56. The Hall–Kier alpha value is -3.33. The van der Waals surface area contributed by atoms with Gasteiger partial charge in [0, 0.05) is 38.6 Å². The van der Waals surface area contributed by atoms with Gasteiger partial charge in [0.05, 0.1) is 18.0 Å². The molecule has 2 fully saturated rings. The molecule has 0 unspecified atom stereocenters. The Morgan fingerprint density at radius 1 is 1.06 bits per heavy atom. The summed E-state index contributed by atoms with van der Waals surface area (Å²) in [5.74, 6) is -0.748. The molecule has 4 amide bonds. The molecule has 2 aromatic rings. The minimum Gasteiger partial charge on any atom is -0.348 e. The van der Waals surface area contributed by atoms with Crippen molar-refractivity contribution >= 4 is 17.8 Å². The van der Waals surface area contributed by atoms with Crippen molar-refractivity contribution in [3.63, 3.8) is 0 Å². The van der Waals surface area contributed by atoms with Crippen LogP contribution < -0.4 is 0 Å². The highest BCUT2D eigenvalue weighted by molar-refractivity contribution is 6.21. The van der Waals surface area contributed by atoms with Gasteiger partial charge in [0.25, 0.3) is 11.8 Å². The highest BCUT2D eigenvalue weighted by atomic mass is 16.5. The molecule has 1 saturated heterocycles.